The van der Waals surface area contributed by atoms with Crippen molar-refractivity contribution in [3.63, 3.8) is 0 Å². The molecule has 0 aromatic heterocycles. The molecule has 0 N–H and O–H groups in total. The average Bonchev–Trinajstić information content (AvgIpc) is 2.15. The van der Waals surface area contributed by atoms with Crippen molar-refractivity contribution in [1.29, 1.82) is 0 Å². The van der Waals surface area contributed by atoms with E-state index >= 15 is 0 Å². The van der Waals surface area contributed by atoms with Crippen molar-refractivity contribution in [3.8, 4) is 0 Å². The third-order valence-corrected chi connectivity index (χ3v) is 17.1. The second-order valence-corrected chi connectivity index (χ2v) is 25.4. The zero-order valence-corrected chi connectivity index (χ0v) is 13.7. The second-order valence-electron chi connectivity index (χ2n) is 5.53. The number of allylic oxidation sites excluding steroid dienone is 4. The molecule has 1 aliphatic rings. The van der Waals surface area contributed by atoms with Crippen LogP contribution in [-0.2, 0) is 20.0 Å². The quantitative estimate of drug-likeness (QED) is 0.602. The van der Waals surface area contributed by atoms with Crippen LogP contribution in [0.4, 0.5) is 0 Å². The van der Waals surface area contributed by atoms with Crippen LogP contribution in [0.1, 0.15) is 27.7 Å². The van der Waals surface area contributed by atoms with E-state index in [1.807, 2.05) is 0 Å². The van der Waals surface area contributed by atoms with Gasteiger partial charge in [0.05, 0.1) is 0 Å². The summed E-state index contributed by atoms with van der Waals surface area (Å²) in [7, 11) is 0. The van der Waals surface area contributed by atoms with Gasteiger partial charge >= 0.3 is 87.7 Å². The topological polar surface area (TPSA) is 0 Å². The molecule has 0 saturated carbocycles. The summed E-state index contributed by atoms with van der Waals surface area (Å²) >= 11 is -2.00. The first-order valence-electron chi connectivity index (χ1n) is 5.08. The van der Waals surface area contributed by atoms with Gasteiger partial charge in [-0.1, -0.05) is 0 Å². The minimum absolute atomic E-state index is 0.473. The molecular formula is C12H22Hf. The minimum atomic E-state index is -2.00. The van der Waals surface area contributed by atoms with Crippen molar-refractivity contribution in [2.75, 3.05) is 0 Å². The standard InChI is InChI=1S/C9H13.3CH3.Hf/c1-6-5-7(2)9(4)8(6)3;;;;/h5H,1-4H3;3*1H3;. The van der Waals surface area contributed by atoms with Gasteiger partial charge < -0.3 is 0 Å². The Kier molecular flexibility index (Phi) is 2.80. The molecule has 0 fully saturated rings. The van der Waals surface area contributed by atoms with Gasteiger partial charge in [-0.2, -0.15) is 0 Å². The first kappa shape index (κ1) is 11.4. The predicted octanol–water partition coefficient (Wildman–Crippen LogP) is 4.76. The molecule has 0 amide bonds. The van der Waals surface area contributed by atoms with Crippen LogP contribution in [0.5, 0.6) is 0 Å². The molecule has 1 atom stereocenters. The van der Waals surface area contributed by atoms with Crippen molar-refractivity contribution in [2.24, 2.45) is 0 Å². The van der Waals surface area contributed by atoms with Gasteiger partial charge in [-0.25, -0.2) is 0 Å². The number of hydrogen-bond donors (Lipinski definition) is 0. The monoisotopic (exact) mass is 346 g/mol. The summed E-state index contributed by atoms with van der Waals surface area (Å²) in [6.07, 6.45) is 2.53. The number of rotatable bonds is 1. The third-order valence-electron chi connectivity index (χ3n) is 4.00. The van der Waals surface area contributed by atoms with E-state index in [-0.39, 0.29) is 0 Å². The summed E-state index contributed by atoms with van der Waals surface area (Å²) in [5.74, 6) is 0. The molecule has 1 unspecified atom stereocenters. The van der Waals surface area contributed by atoms with Crippen molar-refractivity contribution < 1.29 is 20.0 Å². The molecule has 74 valence electrons. The molecule has 13 heavy (non-hydrogen) atoms. The van der Waals surface area contributed by atoms with Gasteiger partial charge in [-0.3, -0.25) is 0 Å². The zero-order valence-electron chi connectivity index (χ0n) is 10.1. The third kappa shape index (κ3) is 1.65. The van der Waals surface area contributed by atoms with Crippen LogP contribution >= 0.6 is 0 Å². The van der Waals surface area contributed by atoms with Crippen LogP contribution < -0.4 is 0 Å². The molecule has 0 bridgehead atoms. The Balaban J connectivity index is 3.25. The van der Waals surface area contributed by atoms with Crippen molar-refractivity contribution in [2.45, 2.75) is 44.9 Å². The van der Waals surface area contributed by atoms with E-state index in [2.05, 4.69) is 47.8 Å². The molecule has 0 aliphatic heterocycles. The van der Waals surface area contributed by atoms with Crippen LogP contribution in [0, 0.1) is 0 Å². The van der Waals surface area contributed by atoms with E-state index in [9.17, 15) is 0 Å². The van der Waals surface area contributed by atoms with Gasteiger partial charge in [-0.05, 0) is 0 Å². The van der Waals surface area contributed by atoms with Crippen molar-refractivity contribution in [1.82, 2.24) is 0 Å². The summed E-state index contributed by atoms with van der Waals surface area (Å²) in [4.78, 5) is 0. The van der Waals surface area contributed by atoms with E-state index in [4.69, 9.17) is 0 Å². The van der Waals surface area contributed by atoms with Gasteiger partial charge in [0.2, 0.25) is 0 Å². The summed E-state index contributed by atoms with van der Waals surface area (Å²) < 4.78 is 8.10. The van der Waals surface area contributed by atoms with Gasteiger partial charge in [0.25, 0.3) is 0 Å². The Morgan fingerprint density at radius 3 is 1.69 bits per heavy atom. The maximum absolute atomic E-state index is 2.54. The molecule has 1 heteroatoms. The first-order valence-corrected chi connectivity index (χ1v) is 17.7. The fraction of sp³-hybridized carbons (Fsp3) is 0.667. The zero-order chi connectivity index (χ0) is 10.4. The van der Waals surface area contributed by atoms with E-state index in [0.29, 0.717) is 3.17 Å². The Hall–Kier alpha value is 0.350. The molecule has 0 radical (unpaired) electrons. The fourth-order valence-electron chi connectivity index (χ4n) is 2.11. The van der Waals surface area contributed by atoms with Crippen molar-refractivity contribution in [3.05, 3.63) is 22.8 Å². The van der Waals surface area contributed by atoms with Crippen molar-refractivity contribution >= 4 is 0 Å². The predicted molar refractivity (Wildman–Crippen MR) is 58.1 cm³/mol. The summed E-state index contributed by atoms with van der Waals surface area (Å²) in [6.45, 7) is 9.30. The maximum atomic E-state index is 2.54. The molecule has 1 aliphatic carbocycles. The normalized spacial score (nSPS) is 29.6. The Morgan fingerprint density at radius 2 is 1.54 bits per heavy atom. The SMILES string of the molecule is CC1=C[C](C)([Hf]([CH3])([CH3])[CH3])C(C)=C1C. The Morgan fingerprint density at radius 1 is 1.08 bits per heavy atom. The van der Waals surface area contributed by atoms with Gasteiger partial charge in [-0.15, -0.1) is 0 Å². The molecule has 0 heterocycles. The van der Waals surface area contributed by atoms with Crippen LogP contribution in [0.15, 0.2) is 22.8 Å². The van der Waals surface area contributed by atoms with E-state index in [0.717, 1.165) is 0 Å². The molecule has 0 aromatic rings. The van der Waals surface area contributed by atoms with Crippen LogP contribution in [-0.4, -0.2) is 0 Å². The fourth-order valence-corrected chi connectivity index (χ4v) is 9.16. The summed E-state index contributed by atoms with van der Waals surface area (Å²) in [5, 5.41) is 0. The Labute approximate surface area is 87.4 Å². The van der Waals surface area contributed by atoms with Gasteiger partial charge in [0.15, 0.2) is 0 Å². The van der Waals surface area contributed by atoms with Crippen LogP contribution in [0.2, 0.25) is 17.2 Å². The van der Waals surface area contributed by atoms with Crippen LogP contribution in [0.25, 0.3) is 0 Å². The van der Waals surface area contributed by atoms with Crippen LogP contribution in [0.3, 0.4) is 0 Å². The molecule has 0 spiro atoms. The summed E-state index contributed by atoms with van der Waals surface area (Å²) in [5.41, 5.74) is 4.69. The van der Waals surface area contributed by atoms with Gasteiger partial charge in [0, 0.05) is 0 Å². The molecule has 1 rings (SSSR count). The van der Waals surface area contributed by atoms with E-state index < -0.39 is 20.0 Å². The molecule has 0 nitrogen and oxygen atoms in total. The first-order chi connectivity index (χ1) is 5.70. The molecule has 0 saturated heterocycles. The molecule has 0 aromatic carbocycles. The average molecular weight is 345 g/mol. The summed E-state index contributed by atoms with van der Waals surface area (Å²) in [6, 6.07) is 0. The molecular weight excluding hydrogens is 323 g/mol. The Bertz CT molecular complexity index is 289. The van der Waals surface area contributed by atoms with E-state index in [1.54, 1.807) is 5.57 Å². The number of hydrogen-bond acceptors (Lipinski definition) is 0. The second kappa shape index (κ2) is 3.19. The van der Waals surface area contributed by atoms with Gasteiger partial charge in [0.1, 0.15) is 0 Å². The van der Waals surface area contributed by atoms with E-state index in [1.165, 1.54) is 11.1 Å².